The first kappa shape index (κ1) is 10.2. The van der Waals surface area contributed by atoms with Gasteiger partial charge in [-0.3, -0.25) is 4.79 Å². The van der Waals surface area contributed by atoms with Crippen molar-refractivity contribution >= 4 is 17.9 Å². The van der Waals surface area contributed by atoms with Gasteiger partial charge in [0.1, 0.15) is 6.29 Å². The van der Waals surface area contributed by atoms with Crippen molar-refractivity contribution in [1.82, 2.24) is 5.32 Å². The SMILES string of the molecule is O=CCNC(=O)CNc1ccccc1. The molecule has 14 heavy (non-hydrogen) atoms. The van der Waals surface area contributed by atoms with Crippen LogP contribution in [0.1, 0.15) is 0 Å². The molecule has 1 aromatic rings. The van der Waals surface area contributed by atoms with Crippen LogP contribution in [-0.2, 0) is 9.59 Å². The molecule has 0 atom stereocenters. The van der Waals surface area contributed by atoms with Gasteiger partial charge in [0.25, 0.3) is 0 Å². The lowest BCUT2D eigenvalue weighted by molar-refractivity contribution is -0.120. The van der Waals surface area contributed by atoms with Crippen molar-refractivity contribution in [2.75, 3.05) is 18.4 Å². The van der Waals surface area contributed by atoms with Gasteiger partial charge in [-0.15, -0.1) is 0 Å². The van der Waals surface area contributed by atoms with E-state index >= 15 is 0 Å². The van der Waals surface area contributed by atoms with Crippen molar-refractivity contribution in [3.8, 4) is 0 Å². The Bertz CT molecular complexity index is 298. The third kappa shape index (κ3) is 3.71. The molecule has 0 fully saturated rings. The van der Waals surface area contributed by atoms with Crippen LogP contribution in [0, 0.1) is 0 Å². The molecule has 0 saturated carbocycles. The molecule has 4 heteroatoms. The maximum Gasteiger partial charge on any atom is 0.239 e. The summed E-state index contributed by atoms with van der Waals surface area (Å²) in [4.78, 5) is 21.0. The van der Waals surface area contributed by atoms with E-state index in [0.717, 1.165) is 5.69 Å². The second-order valence-electron chi connectivity index (χ2n) is 2.69. The highest BCUT2D eigenvalue weighted by atomic mass is 16.2. The summed E-state index contributed by atoms with van der Waals surface area (Å²) in [6.07, 6.45) is 0.653. The van der Waals surface area contributed by atoms with Crippen LogP contribution in [0.4, 0.5) is 5.69 Å². The lowest BCUT2D eigenvalue weighted by atomic mass is 10.3. The lowest BCUT2D eigenvalue weighted by Crippen LogP contribution is -2.31. The average Bonchev–Trinajstić information content (AvgIpc) is 2.25. The smallest absolute Gasteiger partial charge is 0.239 e. The summed E-state index contributed by atoms with van der Waals surface area (Å²) in [5, 5.41) is 5.36. The summed E-state index contributed by atoms with van der Waals surface area (Å²) in [5.41, 5.74) is 0.883. The number of anilines is 1. The van der Waals surface area contributed by atoms with E-state index in [2.05, 4.69) is 10.6 Å². The molecule has 1 rings (SSSR count). The maximum atomic E-state index is 11.0. The molecule has 74 valence electrons. The van der Waals surface area contributed by atoms with Crippen LogP contribution in [0.5, 0.6) is 0 Å². The standard InChI is InChI=1S/C10H12N2O2/c13-7-6-11-10(14)8-12-9-4-2-1-3-5-9/h1-5,7,12H,6,8H2,(H,11,14). The number of rotatable bonds is 5. The van der Waals surface area contributed by atoms with Crippen molar-refractivity contribution in [2.45, 2.75) is 0 Å². The Hall–Kier alpha value is -1.84. The van der Waals surface area contributed by atoms with Gasteiger partial charge in [0.2, 0.25) is 5.91 Å². The van der Waals surface area contributed by atoms with Crippen molar-refractivity contribution in [2.24, 2.45) is 0 Å². The molecule has 0 heterocycles. The second-order valence-corrected chi connectivity index (χ2v) is 2.69. The Labute approximate surface area is 82.3 Å². The van der Waals surface area contributed by atoms with Crippen molar-refractivity contribution < 1.29 is 9.59 Å². The fraction of sp³-hybridized carbons (Fsp3) is 0.200. The Morgan fingerprint density at radius 1 is 1.29 bits per heavy atom. The normalized spacial score (nSPS) is 9.14. The number of aldehydes is 1. The van der Waals surface area contributed by atoms with E-state index in [1.165, 1.54) is 0 Å². The molecule has 0 bridgehead atoms. The van der Waals surface area contributed by atoms with Crippen molar-refractivity contribution in [1.29, 1.82) is 0 Å². The zero-order valence-electron chi connectivity index (χ0n) is 7.69. The first-order valence-corrected chi connectivity index (χ1v) is 4.32. The van der Waals surface area contributed by atoms with Gasteiger partial charge in [-0.2, -0.15) is 0 Å². The van der Waals surface area contributed by atoms with E-state index in [-0.39, 0.29) is 19.0 Å². The summed E-state index contributed by atoms with van der Waals surface area (Å²) in [5.74, 6) is -0.194. The Morgan fingerprint density at radius 3 is 2.64 bits per heavy atom. The molecule has 0 aliphatic rings. The molecule has 1 amide bonds. The minimum Gasteiger partial charge on any atom is -0.376 e. The predicted octanol–water partition coefficient (Wildman–Crippen LogP) is 0.414. The van der Waals surface area contributed by atoms with Gasteiger partial charge in [0.15, 0.2) is 0 Å². The molecule has 0 aliphatic carbocycles. The van der Waals surface area contributed by atoms with Gasteiger partial charge in [0.05, 0.1) is 13.1 Å². The average molecular weight is 192 g/mol. The van der Waals surface area contributed by atoms with Gasteiger partial charge >= 0.3 is 0 Å². The van der Waals surface area contributed by atoms with E-state index in [4.69, 9.17) is 0 Å². The quantitative estimate of drug-likeness (QED) is 0.664. The van der Waals surface area contributed by atoms with E-state index in [0.29, 0.717) is 6.29 Å². The Balaban J connectivity index is 2.27. The minimum atomic E-state index is -0.194. The highest BCUT2D eigenvalue weighted by molar-refractivity contribution is 5.82. The molecule has 0 unspecified atom stereocenters. The van der Waals surface area contributed by atoms with Crippen LogP contribution in [-0.4, -0.2) is 25.3 Å². The van der Waals surface area contributed by atoms with E-state index in [9.17, 15) is 9.59 Å². The maximum absolute atomic E-state index is 11.0. The number of carbonyl (C=O) groups excluding carboxylic acids is 2. The molecular formula is C10H12N2O2. The van der Waals surface area contributed by atoms with E-state index < -0.39 is 0 Å². The van der Waals surface area contributed by atoms with Crippen molar-refractivity contribution in [3.63, 3.8) is 0 Å². The summed E-state index contributed by atoms with van der Waals surface area (Å²) < 4.78 is 0. The minimum absolute atomic E-state index is 0.0648. The Morgan fingerprint density at radius 2 is 2.00 bits per heavy atom. The number of para-hydroxylation sites is 1. The van der Waals surface area contributed by atoms with Crippen LogP contribution in [0.15, 0.2) is 30.3 Å². The monoisotopic (exact) mass is 192 g/mol. The third-order valence-electron chi connectivity index (χ3n) is 1.61. The van der Waals surface area contributed by atoms with Crippen LogP contribution in [0.2, 0.25) is 0 Å². The first-order chi connectivity index (χ1) is 6.83. The highest BCUT2D eigenvalue weighted by Gasteiger charge is 1.98. The molecular weight excluding hydrogens is 180 g/mol. The molecule has 1 aromatic carbocycles. The summed E-state index contributed by atoms with van der Waals surface area (Å²) >= 11 is 0. The second kappa shape index (κ2) is 5.75. The van der Waals surface area contributed by atoms with Gasteiger partial charge < -0.3 is 15.4 Å². The predicted molar refractivity (Wildman–Crippen MR) is 54.0 cm³/mol. The van der Waals surface area contributed by atoms with Crippen LogP contribution in [0.3, 0.4) is 0 Å². The molecule has 0 aromatic heterocycles. The molecule has 0 saturated heterocycles. The van der Waals surface area contributed by atoms with Crippen LogP contribution in [0.25, 0.3) is 0 Å². The topological polar surface area (TPSA) is 58.2 Å². The molecule has 2 N–H and O–H groups in total. The number of carbonyl (C=O) groups is 2. The molecule has 0 aliphatic heterocycles. The fourth-order valence-corrected chi connectivity index (χ4v) is 0.956. The molecule has 4 nitrogen and oxygen atoms in total. The summed E-state index contributed by atoms with van der Waals surface area (Å²) in [6.45, 7) is 0.243. The Kier molecular flexibility index (Phi) is 4.20. The lowest BCUT2D eigenvalue weighted by Gasteiger charge is -2.04. The van der Waals surface area contributed by atoms with Crippen LogP contribution < -0.4 is 10.6 Å². The van der Waals surface area contributed by atoms with Gasteiger partial charge in [-0.05, 0) is 12.1 Å². The largest absolute Gasteiger partial charge is 0.376 e. The van der Waals surface area contributed by atoms with E-state index in [1.54, 1.807) is 0 Å². The number of nitrogens with one attached hydrogen (secondary N) is 2. The van der Waals surface area contributed by atoms with Crippen LogP contribution >= 0.6 is 0 Å². The number of benzene rings is 1. The summed E-state index contributed by atoms with van der Waals surface area (Å²) in [6, 6.07) is 9.40. The highest BCUT2D eigenvalue weighted by Crippen LogP contribution is 2.03. The van der Waals surface area contributed by atoms with Gasteiger partial charge in [-0.25, -0.2) is 0 Å². The zero-order valence-corrected chi connectivity index (χ0v) is 7.69. The number of amides is 1. The van der Waals surface area contributed by atoms with Crippen molar-refractivity contribution in [3.05, 3.63) is 30.3 Å². The third-order valence-corrected chi connectivity index (χ3v) is 1.61. The fourth-order valence-electron chi connectivity index (χ4n) is 0.956. The zero-order chi connectivity index (χ0) is 10.2. The molecule has 0 spiro atoms. The van der Waals surface area contributed by atoms with E-state index in [1.807, 2.05) is 30.3 Å². The summed E-state index contributed by atoms with van der Waals surface area (Å²) in [7, 11) is 0. The number of hydrogen-bond acceptors (Lipinski definition) is 3. The van der Waals surface area contributed by atoms with Gasteiger partial charge in [0, 0.05) is 5.69 Å². The van der Waals surface area contributed by atoms with Gasteiger partial charge in [-0.1, -0.05) is 18.2 Å². The number of hydrogen-bond donors (Lipinski definition) is 2. The molecule has 0 radical (unpaired) electrons. The first-order valence-electron chi connectivity index (χ1n) is 4.32.